The maximum atomic E-state index is 13.4. The number of hydrogen-bond donors (Lipinski definition) is 1. The summed E-state index contributed by atoms with van der Waals surface area (Å²) in [6.45, 7) is 5.88. The summed E-state index contributed by atoms with van der Waals surface area (Å²) >= 11 is 0. The number of benzene rings is 2. The van der Waals surface area contributed by atoms with E-state index < -0.39 is 5.97 Å². The Balaban J connectivity index is 1.59. The third-order valence-electron chi connectivity index (χ3n) is 6.00. The Labute approximate surface area is 187 Å². The fourth-order valence-electron chi connectivity index (χ4n) is 4.23. The molecule has 32 heavy (non-hydrogen) atoms. The van der Waals surface area contributed by atoms with Gasteiger partial charge in [0, 0.05) is 11.4 Å². The second-order valence-electron chi connectivity index (χ2n) is 8.25. The molecule has 0 unspecified atom stereocenters. The third kappa shape index (κ3) is 4.28. The highest BCUT2D eigenvalue weighted by molar-refractivity contribution is 6.17. The Morgan fingerprint density at radius 2 is 1.97 bits per heavy atom. The van der Waals surface area contributed by atoms with E-state index in [1.165, 1.54) is 0 Å². The number of carbonyl (C=O) groups is 3. The van der Waals surface area contributed by atoms with Crippen LogP contribution in [0.1, 0.15) is 47.7 Å². The number of ether oxygens (including phenoxy) is 1. The van der Waals surface area contributed by atoms with Gasteiger partial charge < -0.3 is 15.0 Å². The minimum absolute atomic E-state index is 0.0846. The van der Waals surface area contributed by atoms with Gasteiger partial charge in [-0.15, -0.1) is 0 Å². The normalized spacial score (nSPS) is 17.2. The zero-order valence-electron chi connectivity index (χ0n) is 18.6. The molecule has 1 aliphatic carbocycles. The molecule has 7 nitrogen and oxygen atoms in total. The summed E-state index contributed by atoms with van der Waals surface area (Å²) in [6.07, 6.45) is 2.49. The maximum absolute atomic E-state index is 13.4. The summed E-state index contributed by atoms with van der Waals surface area (Å²) in [6, 6.07) is 10.5. The molecule has 2 aromatic carbocycles. The number of nitrogens with one attached hydrogen (secondary N) is 1. The van der Waals surface area contributed by atoms with Gasteiger partial charge in [0.2, 0.25) is 11.8 Å². The largest absolute Gasteiger partial charge is 0.462 e. The first-order chi connectivity index (χ1) is 15.4. The van der Waals surface area contributed by atoms with Crippen LogP contribution in [0.3, 0.4) is 0 Å². The summed E-state index contributed by atoms with van der Waals surface area (Å²) in [4.78, 5) is 44.7. The van der Waals surface area contributed by atoms with E-state index >= 15 is 0 Å². The van der Waals surface area contributed by atoms with Crippen molar-refractivity contribution in [3.8, 4) is 0 Å². The Kier molecular flexibility index (Phi) is 6.08. The smallest absolute Gasteiger partial charge is 0.338 e. The van der Waals surface area contributed by atoms with Crippen molar-refractivity contribution in [2.75, 3.05) is 23.4 Å². The maximum Gasteiger partial charge on any atom is 0.338 e. The number of hydrogen-bond acceptors (Lipinski definition) is 5. The predicted molar refractivity (Wildman–Crippen MR) is 124 cm³/mol. The van der Waals surface area contributed by atoms with Crippen molar-refractivity contribution in [2.45, 2.75) is 40.0 Å². The first kappa shape index (κ1) is 21.7. The number of rotatable bonds is 5. The van der Waals surface area contributed by atoms with Crippen molar-refractivity contribution in [2.24, 2.45) is 10.9 Å². The van der Waals surface area contributed by atoms with E-state index in [1.54, 1.807) is 36.1 Å². The number of amides is 2. The Hall–Kier alpha value is -3.48. The van der Waals surface area contributed by atoms with Gasteiger partial charge in [0.1, 0.15) is 6.54 Å². The molecule has 1 N–H and O–H groups in total. The molecule has 0 aromatic heterocycles. The predicted octanol–water partition coefficient (Wildman–Crippen LogP) is 4.34. The molecule has 7 heteroatoms. The quantitative estimate of drug-likeness (QED) is 0.711. The monoisotopic (exact) mass is 433 g/mol. The molecular weight excluding hydrogens is 406 g/mol. The van der Waals surface area contributed by atoms with Crippen molar-refractivity contribution >= 4 is 40.6 Å². The minimum atomic E-state index is -0.447. The highest BCUT2D eigenvalue weighted by atomic mass is 16.5. The van der Waals surface area contributed by atoms with E-state index in [-0.39, 0.29) is 30.9 Å². The van der Waals surface area contributed by atoms with Crippen molar-refractivity contribution in [1.29, 1.82) is 0 Å². The van der Waals surface area contributed by atoms with Gasteiger partial charge in [-0.05, 0) is 81.5 Å². The van der Waals surface area contributed by atoms with E-state index in [2.05, 4.69) is 5.32 Å². The number of anilines is 2. The van der Waals surface area contributed by atoms with Gasteiger partial charge >= 0.3 is 5.97 Å². The van der Waals surface area contributed by atoms with Crippen molar-refractivity contribution < 1.29 is 19.1 Å². The molecule has 0 spiro atoms. The number of esters is 1. The second kappa shape index (κ2) is 8.94. The molecule has 2 amide bonds. The molecule has 0 radical (unpaired) electrons. The molecule has 0 bridgehead atoms. The average Bonchev–Trinajstić information content (AvgIpc) is 3.19. The minimum Gasteiger partial charge on any atom is -0.462 e. The number of carbonyl (C=O) groups excluding carboxylic acids is 3. The van der Waals surface area contributed by atoms with Crippen LogP contribution < -0.4 is 10.2 Å². The Morgan fingerprint density at radius 1 is 1.19 bits per heavy atom. The molecule has 1 fully saturated rings. The van der Waals surface area contributed by atoms with Gasteiger partial charge in [-0.2, -0.15) is 0 Å². The zero-order chi connectivity index (χ0) is 22.8. The lowest BCUT2D eigenvalue weighted by Crippen LogP contribution is -2.42. The van der Waals surface area contributed by atoms with Gasteiger partial charge in [0.15, 0.2) is 0 Å². The lowest BCUT2D eigenvalue weighted by atomic mass is 10.0. The van der Waals surface area contributed by atoms with E-state index in [0.29, 0.717) is 16.9 Å². The number of nitrogens with zero attached hydrogens (tertiary/aromatic N) is 2. The summed E-state index contributed by atoms with van der Waals surface area (Å²) in [5.41, 5.74) is 5.27. The first-order valence-electron chi connectivity index (χ1n) is 10.9. The molecule has 2 aromatic rings. The molecule has 4 rings (SSSR count). The zero-order valence-corrected chi connectivity index (χ0v) is 18.6. The number of aliphatic imine (C=N–C) groups is 1. The molecular formula is C25H27N3O4. The van der Waals surface area contributed by atoms with Crippen LogP contribution in [0.5, 0.6) is 0 Å². The van der Waals surface area contributed by atoms with Crippen molar-refractivity contribution in [1.82, 2.24) is 0 Å². The van der Waals surface area contributed by atoms with Crippen LogP contribution in [0.15, 0.2) is 41.4 Å². The van der Waals surface area contributed by atoms with Crippen molar-refractivity contribution in [3.05, 3.63) is 53.1 Å². The van der Waals surface area contributed by atoms with E-state index in [9.17, 15) is 14.4 Å². The summed E-state index contributed by atoms with van der Waals surface area (Å²) in [7, 11) is 0. The number of aryl methyl sites for hydroxylation is 2. The summed E-state index contributed by atoms with van der Waals surface area (Å²) in [5, 5.41) is 2.81. The lowest BCUT2D eigenvalue weighted by Gasteiger charge is -2.25. The summed E-state index contributed by atoms with van der Waals surface area (Å²) in [5.74, 6) is -1.15. The fraction of sp³-hybridized carbons (Fsp3) is 0.360. The Morgan fingerprint density at radius 3 is 2.75 bits per heavy atom. The average molecular weight is 434 g/mol. The van der Waals surface area contributed by atoms with Crippen LogP contribution in [0.2, 0.25) is 0 Å². The molecule has 166 valence electrons. The second-order valence-corrected chi connectivity index (χ2v) is 8.25. The van der Waals surface area contributed by atoms with Gasteiger partial charge in [-0.25, -0.2) is 4.79 Å². The van der Waals surface area contributed by atoms with Crippen LogP contribution in [0, 0.1) is 19.8 Å². The first-order valence-corrected chi connectivity index (χ1v) is 10.9. The SMILES string of the molecule is CCOC(=O)c1cccc(NC(=O)CN2C(=O)[C@H]3CCCC3=Nc3cc(C)c(C)cc32)c1. The van der Waals surface area contributed by atoms with E-state index in [1.807, 2.05) is 26.0 Å². The van der Waals surface area contributed by atoms with E-state index in [4.69, 9.17) is 9.73 Å². The van der Waals surface area contributed by atoms with Crippen LogP contribution in [0.25, 0.3) is 0 Å². The molecule has 1 aliphatic heterocycles. The molecule has 1 atom stereocenters. The molecule has 1 heterocycles. The third-order valence-corrected chi connectivity index (χ3v) is 6.00. The summed E-state index contributed by atoms with van der Waals surface area (Å²) < 4.78 is 5.02. The highest BCUT2D eigenvalue weighted by Crippen LogP contribution is 2.39. The van der Waals surface area contributed by atoms with Crippen molar-refractivity contribution in [3.63, 3.8) is 0 Å². The van der Waals surface area contributed by atoms with Gasteiger partial charge in [-0.3, -0.25) is 14.6 Å². The molecule has 0 saturated heterocycles. The Bertz CT molecular complexity index is 1120. The van der Waals surface area contributed by atoms with Gasteiger partial charge in [0.05, 0.1) is 29.5 Å². The van der Waals surface area contributed by atoms with E-state index in [0.717, 1.165) is 41.8 Å². The number of fused-ring (bicyclic) bond motifs is 2. The van der Waals surface area contributed by atoms with Gasteiger partial charge in [0.25, 0.3) is 0 Å². The topological polar surface area (TPSA) is 88.1 Å². The lowest BCUT2D eigenvalue weighted by molar-refractivity contribution is -0.122. The standard InChI is InChI=1S/C25H27N3O4/c1-4-32-25(31)17-7-5-8-18(13-17)26-23(29)14-28-22-12-16(3)15(2)11-21(22)27-20-10-6-9-19(20)24(28)30/h5,7-8,11-13,19H,4,6,9-10,14H2,1-3H3,(H,26,29)/t19-/m0/s1. The van der Waals surface area contributed by atoms with Crippen LogP contribution >= 0.6 is 0 Å². The van der Waals surface area contributed by atoms with Crippen LogP contribution in [-0.2, 0) is 14.3 Å². The highest BCUT2D eigenvalue weighted by Gasteiger charge is 2.37. The fourth-order valence-corrected chi connectivity index (χ4v) is 4.23. The van der Waals surface area contributed by atoms with Crippen LogP contribution in [-0.4, -0.2) is 36.6 Å². The van der Waals surface area contributed by atoms with Gasteiger partial charge in [-0.1, -0.05) is 6.07 Å². The van der Waals surface area contributed by atoms with Crippen LogP contribution in [0.4, 0.5) is 17.1 Å². The molecule has 2 aliphatic rings. The molecule has 1 saturated carbocycles.